The Hall–Kier alpha value is -2.98. The fourth-order valence-electron chi connectivity index (χ4n) is 4.65. The number of amides is 1. The van der Waals surface area contributed by atoms with Crippen molar-refractivity contribution in [2.24, 2.45) is 21.5 Å². The maximum atomic E-state index is 12.6. The number of nitrogens with two attached hydrogens (primary N) is 2. The molecular formula is C20H26F3N7O. The summed E-state index contributed by atoms with van der Waals surface area (Å²) in [6.45, 7) is 0.727. The lowest BCUT2D eigenvalue weighted by atomic mass is 9.87. The van der Waals surface area contributed by atoms with E-state index in [2.05, 4.69) is 9.98 Å². The first-order valence-corrected chi connectivity index (χ1v) is 10.4. The molecule has 4 N–H and O–H groups in total. The predicted octanol–water partition coefficient (Wildman–Crippen LogP) is 2.01. The Morgan fingerprint density at radius 3 is 2.10 bits per heavy atom. The molecule has 168 valence electrons. The summed E-state index contributed by atoms with van der Waals surface area (Å²) < 4.78 is 37.9. The number of piperazine rings is 1. The molecule has 1 spiro atoms. The van der Waals surface area contributed by atoms with Gasteiger partial charge in [0.1, 0.15) is 5.66 Å². The molecule has 0 bridgehead atoms. The number of anilines is 2. The van der Waals surface area contributed by atoms with Crippen molar-refractivity contribution in [1.82, 2.24) is 4.90 Å². The fourth-order valence-corrected chi connectivity index (χ4v) is 4.65. The highest BCUT2D eigenvalue weighted by Crippen LogP contribution is 2.39. The van der Waals surface area contributed by atoms with Crippen LogP contribution in [0.3, 0.4) is 0 Å². The highest BCUT2D eigenvalue weighted by atomic mass is 19.4. The van der Waals surface area contributed by atoms with E-state index in [9.17, 15) is 18.0 Å². The number of halogens is 3. The van der Waals surface area contributed by atoms with Crippen molar-refractivity contribution in [2.75, 3.05) is 36.0 Å². The molecule has 2 aliphatic heterocycles. The van der Waals surface area contributed by atoms with Gasteiger partial charge < -0.3 is 21.3 Å². The number of benzene rings is 1. The second kappa shape index (κ2) is 7.93. The molecule has 11 heteroatoms. The summed E-state index contributed by atoms with van der Waals surface area (Å²) in [5.74, 6) is -1.28. The Labute approximate surface area is 178 Å². The molecule has 1 saturated heterocycles. The molecule has 8 nitrogen and oxygen atoms in total. The number of carbonyl (C=O) groups excluding carboxylic acids is 1. The molecule has 0 atom stereocenters. The monoisotopic (exact) mass is 437 g/mol. The Morgan fingerprint density at radius 2 is 1.52 bits per heavy atom. The van der Waals surface area contributed by atoms with E-state index >= 15 is 0 Å². The van der Waals surface area contributed by atoms with E-state index in [1.165, 1.54) is 0 Å². The second-order valence-electron chi connectivity index (χ2n) is 8.11. The zero-order chi connectivity index (χ0) is 22.2. The minimum absolute atomic E-state index is 0.0307. The van der Waals surface area contributed by atoms with Crippen LogP contribution in [-0.2, 0) is 4.79 Å². The predicted molar refractivity (Wildman–Crippen MR) is 113 cm³/mol. The average Bonchev–Trinajstić information content (AvgIpc) is 2.73. The van der Waals surface area contributed by atoms with Gasteiger partial charge in [-0.2, -0.15) is 18.2 Å². The third kappa shape index (κ3) is 4.13. The Bertz CT molecular complexity index is 883. The number of nitrogens with zero attached hydrogens (tertiary/aromatic N) is 5. The van der Waals surface area contributed by atoms with Crippen LogP contribution >= 0.6 is 0 Å². The largest absolute Gasteiger partial charge is 0.471 e. The van der Waals surface area contributed by atoms with Gasteiger partial charge in [-0.05, 0) is 49.9 Å². The van der Waals surface area contributed by atoms with Crippen LogP contribution < -0.4 is 21.3 Å². The van der Waals surface area contributed by atoms with Gasteiger partial charge in [0.2, 0.25) is 11.9 Å². The fraction of sp³-hybridized carbons (Fsp3) is 0.550. The van der Waals surface area contributed by atoms with E-state index in [0.29, 0.717) is 19.0 Å². The van der Waals surface area contributed by atoms with E-state index in [4.69, 9.17) is 11.5 Å². The lowest BCUT2D eigenvalue weighted by molar-refractivity contribution is -0.185. The highest BCUT2D eigenvalue weighted by Gasteiger charge is 2.44. The summed E-state index contributed by atoms with van der Waals surface area (Å²) in [6, 6.07) is 7.64. The normalized spacial score (nSPS) is 21.7. The maximum absolute atomic E-state index is 12.6. The molecule has 2 fully saturated rings. The number of guanidine groups is 2. The number of rotatable bonds is 2. The van der Waals surface area contributed by atoms with Crippen molar-refractivity contribution in [3.05, 3.63) is 24.3 Å². The first-order valence-electron chi connectivity index (χ1n) is 10.4. The second-order valence-corrected chi connectivity index (χ2v) is 8.11. The van der Waals surface area contributed by atoms with Crippen LogP contribution in [-0.4, -0.2) is 60.7 Å². The van der Waals surface area contributed by atoms with Crippen molar-refractivity contribution in [3.63, 3.8) is 0 Å². The van der Waals surface area contributed by atoms with E-state index in [-0.39, 0.29) is 19.0 Å². The average molecular weight is 437 g/mol. The zero-order valence-corrected chi connectivity index (χ0v) is 17.1. The van der Waals surface area contributed by atoms with Crippen LogP contribution in [0.2, 0.25) is 0 Å². The van der Waals surface area contributed by atoms with Crippen molar-refractivity contribution in [2.45, 2.75) is 43.9 Å². The van der Waals surface area contributed by atoms with Gasteiger partial charge in [0.15, 0.2) is 0 Å². The van der Waals surface area contributed by atoms with Crippen LogP contribution in [0.25, 0.3) is 0 Å². The van der Waals surface area contributed by atoms with Crippen LogP contribution in [0.15, 0.2) is 34.3 Å². The summed E-state index contributed by atoms with van der Waals surface area (Å²) in [7, 11) is 0. The van der Waals surface area contributed by atoms with Crippen molar-refractivity contribution in [3.8, 4) is 0 Å². The summed E-state index contributed by atoms with van der Waals surface area (Å²) in [5, 5.41) is 0. The van der Waals surface area contributed by atoms with Gasteiger partial charge in [0.05, 0.1) is 0 Å². The lowest BCUT2D eigenvalue weighted by Gasteiger charge is -2.45. The minimum atomic E-state index is -4.83. The molecule has 0 radical (unpaired) electrons. The molecule has 1 amide bonds. The Kier molecular flexibility index (Phi) is 5.44. The summed E-state index contributed by atoms with van der Waals surface area (Å²) in [5.41, 5.74) is 13.3. The molecule has 1 aromatic carbocycles. The van der Waals surface area contributed by atoms with Gasteiger partial charge in [0, 0.05) is 37.6 Å². The van der Waals surface area contributed by atoms with Crippen LogP contribution in [0, 0.1) is 0 Å². The Morgan fingerprint density at radius 1 is 0.935 bits per heavy atom. The number of hydrogen-bond donors (Lipinski definition) is 2. The third-order valence-corrected chi connectivity index (χ3v) is 6.13. The molecule has 1 saturated carbocycles. The molecular weight excluding hydrogens is 411 g/mol. The van der Waals surface area contributed by atoms with Crippen LogP contribution in [0.4, 0.5) is 24.5 Å². The van der Waals surface area contributed by atoms with Crippen molar-refractivity contribution in [1.29, 1.82) is 0 Å². The molecule has 1 aliphatic carbocycles. The lowest BCUT2D eigenvalue weighted by Crippen LogP contribution is -2.58. The van der Waals surface area contributed by atoms with E-state index in [1.54, 1.807) is 0 Å². The Balaban J connectivity index is 1.48. The first-order chi connectivity index (χ1) is 14.7. The van der Waals surface area contributed by atoms with Gasteiger partial charge in [-0.1, -0.05) is 6.42 Å². The molecule has 31 heavy (non-hydrogen) atoms. The minimum Gasteiger partial charge on any atom is -0.369 e. The van der Waals surface area contributed by atoms with E-state index in [0.717, 1.165) is 48.4 Å². The molecule has 0 aromatic heterocycles. The highest BCUT2D eigenvalue weighted by molar-refractivity contribution is 6.05. The molecule has 2 heterocycles. The summed E-state index contributed by atoms with van der Waals surface area (Å²) >= 11 is 0. The van der Waals surface area contributed by atoms with Crippen LogP contribution in [0.5, 0.6) is 0 Å². The number of alkyl halides is 3. The van der Waals surface area contributed by atoms with Gasteiger partial charge in [-0.3, -0.25) is 9.69 Å². The quantitative estimate of drug-likeness (QED) is 0.737. The molecule has 3 aliphatic rings. The summed E-state index contributed by atoms with van der Waals surface area (Å²) in [4.78, 5) is 25.0. The van der Waals surface area contributed by atoms with Gasteiger partial charge >= 0.3 is 12.1 Å². The standard InChI is InChI=1S/C20H26F3N7O/c21-20(22,23)16(31)29-12-10-28(11-13-29)14-4-6-15(7-5-14)30-18(25)26-17(24)27-19(30)8-2-1-3-9-19/h4-7H,1-3,8-13H2,(H4,24,25,26,27). The SMILES string of the molecule is NC1=NC2(CCCCC2)N(c2ccc(N3CCN(C(=O)C(F)(F)F)CC3)cc2)C(N)=N1. The summed E-state index contributed by atoms with van der Waals surface area (Å²) in [6.07, 6.45) is 0.0331. The topological polar surface area (TPSA) is 104 Å². The number of aliphatic imine (C=N–C) groups is 2. The van der Waals surface area contributed by atoms with Crippen molar-refractivity contribution >= 4 is 29.2 Å². The smallest absolute Gasteiger partial charge is 0.369 e. The van der Waals surface area contributed by atoms with Crippen LogP contribution in [0.1, 0.15) is 32.1 Å². The molecule has 1 aromatic rings. The third-order valence-electron chi connectivity index (χ3n) is 6.13. The van der Waals surface area contributed by atoms with Crippen molar-refractivity contribution < 1.29 is 18.0 Å². The number of hydrogen-bond acceptors (Lipinski definition) is 7. The first kappa shape index (κ1) is 21.3. The maximum Gasteiger partial charge on any atom is 0.471 e. The molecule has 0 unspecified atom stereocenters. The van der Waals surface area contributed by atoms with E-state index in [1.807, 2.05) is 34.1 Å². The van der Waals surface area contributed by atoms with E-state index < -0.39 is 17.7 Å². The number of carbonyl (C=O) groups is 1. The van der Waals surface area contributed by atoms with Gasteiger partial charge in [-0.15, -0.1) is 0 Å². The zero-order valence-electron chi connectivity index (χ0n) is 17.1. The van der Waals surface area contributed by atoms with Gasteiger partial charge in [0.25, 0.3) is 0 Å². The van der Waals surface area contributed by atoms with Gasteiger partial charge in [-0.25, -0.2) is 4.99 Å². The molecule has 4 rings (SSSR count).